The van der Waals surface area contributed by atoms with Gasteiger partial charge >= 0.3 is 5.97 Å². The third kappa shape index (κ3) is 3.68. The summed E-state index contributed by atoms with van der Waals surface area (Å²) in [5.74, 6) is -0.357. The molecule has 3 aromatic carbocycles. The quantitative estimate of drug-likeness (QED) is 0.538. The van der Waals surface area contributed by atoms with Crippen molar-refractivity contribution in [1.29, 1.82) is 0 Å². The van der Waals surface area contributed by atoms with Gasteiger partial charge in [-0.05, 0) is 28.6 Å². The molecule has 2 N–H and O–H groups in total. The standard InChI is InChI=1S/C22H18N2O2S/c25-21(26-14-15-7-2-1-3-8-15)19-13-23-22(27)24-20(19)18-12-6-10-16-9-4-5-11-17(16)18/h1-12H,13-14H2,(H2,23,24,27). The van der Waals surface area contributed by atoms with Crippen molar-refractivity contribution in [1.82, 2.24) is 10.6 Å². The zero-order valence-corrected chi connectivity index (χ0v) is 15.4. The predicted molar refractivity (Wildman–Crippen MR) is 111 cm³/mol. The van der Waals surface area contributed by atoms with Crippen molar-refractivity contribution in [2.24, 2.45) is 0 Å². The molecule has 0 spiro atoms. The zero-order chi connectivity index (χ0) is 18.6. The van der Waals surface area contributed by atoms with Gasteiger partial charge in [0.2, 0.25) is 0 Å². The van der Waals surface area contributed by atoms with Crippen molar-refractivity contribution in [3.8, 4) is 0 Å². The Balaban J connectivity index is 1.71. The van der Waals surface area contributed by atoms with Crippen molar-refractivity contribution >= 4 is 39.8 Å². The fraction of sp³-hybridized carbons (Fsp3) is 0.0909. The minimum absolute atomic E-state index is 0.233. The van der Waals surface area contributed by atoms with E-state index in [4.69, 9.17) is 17.0 Å². The lowest BCUT2D eigenvalue weighted by Crippen LogP contribution is -2.43. The summed E-state index contributed by atoms with van der Waals surface area (Å²) in [6, 6.07) is 23.7. The summed E-state index contributed by atoms with van der Waals surface area (Å²) < 4.78 is 5.55. The summed E-state index contributed by atoms with van der Waals surface area (Å²) in [5.41, 5.74) is 3.12. The fourth-order valence-corrected chi connectivity index (χ4v) is 3.32. The summed E-state index contributed by atoms with van der Waals surface area (Å²) in [6.45, 7) is 0.564. The van der Waals surface area contributed by atoms with E-state index in [1.165, 1.54) is 0 Å². The first-order chi connectivity index (χ1) is 13.2. The number of ether oxygens (including phenoxy) is 1. The van der Waals surface area contributed by atoms with Gasteiger partial charge < -0.3 is 15.4 Å². The van der Waals surface area contributed by atoms with Crippen LogP contribution in [0.15, 0.2) is 78.4 Å². The van der Waals surface area contributed by atoms with Crippen molar-refractivity contribution in [2.45, 2.75) is 6.61 Å². The highest BCUT2D eigenvalue weighted by Gasteiger charge is 2.24. The molecule has 0 aromatic heterocycles. The van der Waals surface area contributed by atoms with Gasteiger partial charge in [-0.2, -0.15) is 0 Å². The van der Waals surface area contributed by atoms with E-state index in [0.717, 1.165) is 21.9 Å². The average Bonchev–Trinajstić information content (AvgIpc) is 2.72. The molecule has 0 radical (unpaired) electrons. The van der Waals surface area contributed by atoms with Gasteiger partial charge in [0.15, 0.2) is 5.11 Å². The molecule has 1 aliphatic heterocycles. The van der Waals surface area contributed by atoms with Gasteiger partial charge in [0.05, 0.1) is 17.8 Å². The maximum atomic E-state index is 12.8. The van der Waals surface area contributed by atoms with Crippen LogP contribution in [0.3, 0.4) is 0 Å². The number of fused-ring (bicyclic) bond motifs is 1. The first-order valence-electron chi connectivity index (χ1n) is 8.69. The van der Waals surface area contributed by atoms with E-state index in [9.17, 15) is 4.79 Å². The third-order valence-electron chi connectivity index (χ3n) is 4.48. The molecule has 4 nitrogen and oxygen atoms in total. The van der Waals surface area contributed by atoms with Crippen LogP contribution in [-0.2, 0) is 16.1 Å². The largest absolute Gasteiger partial charge is 0.457 e. The highest BCUT2D eigenvalue weighted by Crippen LogP contribution is 2.27. The molecule has 0 aliphatic carbocycles. The second-order valence-corrected chi connectivity index (χ2v) is 6.66. The Labute approximate surface area is 162 Å². The van der Waals surface area contributed by atoms with Crippen LogP contribution < -0.4 is 10.6 Å². The van der Waals surface area contributed by atoms with E-state index in [1.807, 2.05) is 72.8 Å². The molecule has 0 fully saturated rings. The molecular weight excluding hydrogens is 356 g/mol. The summed E-state index contributed by atoms with van der Waals surface area (Å²) in [4.78, 5) is 12.8. The first-order valence-corrected chi connectivity index (χ1v) is 9.10. The molecule has 0 bridgehead atoms. The molecular formula is C22H18N2O2S. The molecule has 3 aromatic rings. The average molecular weight is 374 g/mol. The van der Waals surface area contributed by atoms with Crippen LogP contribution >= 0.6 is 12.2 Å². The van der Waals surface area contributed by atoms with Crippen molar-refractivity contribution in [3.05, 3.63) is 89.5 Å². The van der Waals surface area contributed by atoms with E-state index in [-0.39, 0.29) is 12.6 Å². The van der Waals surface area contributed by atoms with Crippen LogP contribution in [0.25, 0.3) is 16.5 Å². The molecule has 27 heavy (non-hydrogen) atoms. The lowest BCUT2D eigenvalue weighted by atomic mass is 9.98. The Morgan fingerprint density at radius 3 is 2.56 bits per heavy atom. The molecule has 5 heteroatoms. The van der Waals surface area contributed by atoms with Gasteiger partial charge in [-0.3, -0.25) is 0 Å². The Morgan fingerprint density at radius 2 is 1.70 bits per heavy atom. The highest BCUT2D eigenvalue weighted by atomic mass is 32.1. The van der Waals surface area contributed by atoms with Crippen LogP contribution in [0, 0.1) is 0 Å². The van der Waals surface area contributed by atoms with Gasteiger partial charge in [0.25, 0.3) is 0 Å². The second-order valence-electron chi connectivity index (χ2n) is 6.25. The van der Waals surface area contributed by atoms with Crippen molar-refractivity contribution in [2.75, 3.05) is 6.54 Å². The molecule has 1 heterocycles. The summed E-state index contributed by atoms with van der Waals surface area (Å²) in [6.07, 6.45) is 0. The maximum Gasteiger partial charge on any atom is 0.338 e. The van der Waals surface area contributed by atoms with Gasteiger partial charge in [0, 0.05) is 5.56 Å². The van der Waals surface area contributed by atoms with Crippen LogP contribution in [0.1, 0.15) is 11.1 Å². The fourth-order valence-electron chi connectivity index (χ4n) is 3.15. The van der Waals surface area contributed by atoms with E-state index < -0.39 is 0 Å². The monoisotopic (exact) mass is 374 g/mol. The number of benzene rings is 3. The lowest BCUT2D eigenvalue weighted by molar-refractivity contribution is -0.140. The molecule has 0 saturated carbocycles. The molecule has 0 amide bonds. The Kier molecular flexibility index (Phi) is 4.85. The Hall–Kier alpha value is -3.18. The van der Waals surface area contributed by atoms with Gasteiger partial charge in [-0.25, -0.2) is 4.79 Å². The Morgan fingerprint density at radius 1 is 0.963 bits per heavy atom. The van der Waals surface area contributed by atoms with Crippen LogP contribution in [0.4, 0.5) is 0 Å². The van der Waals surface area contributed by atoms with Crippen molar-refractivity contribution < 1.29 is 9.53 Å². The minimum atomic E-state index is -0.357. The topological polar surface area (TPSA) is 50.4 Å². The van der Waals surface area contributed by atoms with E-state index in [1.54, 1.807) is 0 Å². The molecule has 0 unspecified atom stereocenters. The molecule has 1 aliphatic rings. The third-order valence-corrected chi connectivity index (χ3v) is 4.73. The first kappa shape index (κ1) is 17.2. The SMILES string of the molecule is O=C(OCc1ccccc1)C1=C(c2cccc3ccccc23)NC(=S)NC1. The lowest BCUT2D eigenvalue weighted by Gasteiger charge is -2.24. The minimum Gasteiger partial charge on any atom is -0.457 e. The maximum absolute atomic E-state index is 12.8. The number of hydrogen-bond acceptors (Lipinski definition) is 3. The Bertz CT molecular complexity index is 1040. The van der Waals surface area contributed by atoms with E-state index >= 15 is 0 Å². The normalized spacial score (nSPS) is 13.9. The van der Waals surface area contributed by atoms with Gasteiger partial charge in [-0.15, -0.1) is 0 Å². The summed E-state index contributed by atoms with van der Waals surface area (Å²) in [5, 5.41) is 8.83. The van der Waals surface area contributed by atoms with Crippen LogP contribution in [-0.4, -0.2) is 17.6 Å². The van der Waals surface area contributed by atoms with Crippen LogP contribution in [0.5, 0.6) is 0 Å². The molecule has 134 valence electrons. The number of hydrogen-bond donors (Lipinski definition) is 2. The predicted octanol–water partition coefficient (Wildman–Crippen LogP) is 3.77. The van der Waals surface area contributed by atoms with Crippen molar-refractivity contribution in [3.63, 3.8) is 0 Å². The molecule has 0 atom stereocenters. The highest BCUT2D eigenvalue weighted by molar-refractivity contribution is 7.80. The number of carbonyl (C=O) groups excluding carboxylic acids is 1. The number of rotatable bonds is 4. The summed E-state index contributed by atoms with van der Waals surface area (Å²) >= 11 is 5.28. The molecule has 4 rings (SSSR count). The van der Waals surface area contributed by atoms with E-state index in [0.29, 0.717) is 22.9 Å². The second kappa shape index (κ2) is 7.60. The van der Waals surface area contributed by atoms with E-state index in [2.05, 4.69) is 10.6 Å². The number of carbonyl (C=O) groups is 1. The number of esters is 1. The number of thiocarbonyl (C=S) groups is 1. The molecule has 0 saturated heterocycles. The van der Waals surface area contributed by atoms with Gasteiger partial charge in [-0.1, -0.05) is 72.8 Å². The number of nitrogens with one attached hydrogen (secondary N) is 2. The van der Waals surface area contributed by atoms with Gasteiger partial charge in [0.1, 0.15) is 6.61 Å². The smallest absolute Gasteiger partial charge is 0.338 e. The van der Waals surface area contributed by atoms with Crippen LogP contribution in [0.2, 0.25) is 0 Å². The summed E-state index contributed by atoms with van der Waals surface area (Å²) in [7, 11) is 0. The zero-order valence-electron chi connectivity index (χ0n) is 14.6.